The minimum Gasteiger partial charge on any atom is -0.452 e. The van der Waals surface area contributed by atoms with Crippen LogP contribution in [0.5, 0.6) is 0 Å². The molecule has 5 heteroatoms. The number of hydrogen-bond donors (Lipinski definition) is 0. The van der Waals surface area contributed by atoms with E-state index in [4.69, 9.17) is 16.3 Å². The highest BCUT2D eigenvalue weighted by molar-refractivity contribution is 6.30. The Balaban J connectivity index is 1.56. The van der Waals surface area contributed by atoms with E-state index < -0.39 is 5.97 Å². The Morgan fingerprint density at radius 1 is 1.04 bits per heavy atom. The first kappa shape index (κ1) is 15.6. The monoisotopic (exact) mass is 329 g/mol. The molecule has 1 amide bonds. The third-order valence-electron chi connectivity index (χ3n) is 3.89. The van der Waals surface area contributed by atoms with Crippen LogP contribution in [0.1, 0.15) is 21.5 Å². The zero-order valence-electron chi connectivity index (χ0n) is 12.5. The number of nitrogens with zero attached hydrogens (tertiary/aromatic N) is 1. The summed E-state index contributed by atoms with van der Waals surface area (Å²) in [5, 5.41) is 0.546. The van der Waals surface area contributed by atoms with E-state index in [2.05, 4.69) is 6.07 Å². The van der Waals surface area contributed by atoms with Crippen molar-refractivity contribution < 1.29 is 14.3 Å². The second kappa shape index (κ2) is 6.84. The fourth-order valence-corrected chi connectivity index (χ4v) is 2.72. The van der Waals surface area contributed by atoms with Crippen molar-refractivity contribution in [2.75, 3.05) is 13.2 Å². The van der Waals surface area contributed by atoms with E-state index in [9.17, 15) is 9.59 Å². The maximum absolute atomic E-state index is 12.2. The van der Waals surface area contributed by atoms with E-state index in [1.165, 1.54) is 5.56 Å². The van der Waals surface area contributed by atoms with Crippen LogP contribution in [0.4, 0.5) is 0 Å². The maximum Gasteiger partial charge on any atom is 0.338 e. The van der Waals surface area contributed by atoms with Gasteiger partial charge in [0.15, 0.2) is 6.61 Å². The Morgan fingerprint density at radius 2 is 1.74 bits per heavy atom. The molecule has 0 N–H and O–H groups in total. The number of rotatable bonds is 3. The summed E-state index contributed by atoms with van der Waals surface area (Å²) in [5.74, 6) is -0.700. The lowest BCUT2D eigenvalue weighted by molar-refractivity contribution is -0.135. The van der Waals surface area contributed by atoms with Gasteiger partial charge < -0.3 is 9.64 Å². The van der Waals surface area contributed by atoms with Crippen molar-refractivity contribution in [2.45, 2.75) is 13.0 Å². The molecule has 1 heterocycles. The van der Waals surface area contributed by atoms with Gasteiger partial charge in [0.25, 0.3) is 5.91 Å². The molecular weight excluding hydrogens is 314 g/mol. The number of amides is 1. The second-order valence-corrected chi connectivity index (χ2v) is 5.85. The first-order valence-electron chi connectivity index (χ1n) is 7.41. The largest absolute Gasteiger partial charge is 0.452 e. The molecule has 0 saturated carbocycles. The summed E-state index contributed by atoms with van der Waals surface area (Å²) < 4.78 is 5.10. The Morgan fingerprint density at radius 3 is 2.48 bits per heavy atom. The molecule has 3 rings (SSSR count). The molecule has 2 aromatic rings. The van der Waals surface area contributed by atoms with Crippen LogP contribution in [-0.2, 0) is 22.5 Å². The van der Waals surface area contributed by atoms with Gasteiger partial charge in [0, 0.05) is 18.1 Å². The van der Waals surface area contributed by atoms with Crippen LogP contribution in [0.2, 0.25) is 5.02 Å². The first-order chi connectivity index (χ1) is 11.1. The van der Waals surface area contributed by atoms with Crippen molar-refractivity contribution in [3.8, 4) is 0 Å². The number of esters is 1. The molecule has 1 aliphatic heterocycles. The number of ether oxygens (including phenoxy) is 1. The van der Waals surface area contributed by atoms with Crippen molar-refractivity contribution in [3.63, 3.8) is 0 Å². The standard InChI is InChI=1S/C18H16ClNO3/c19-16-7-5-14(6-8-16)18(22)23-12-17(21)20-10-9-13-3-1-2-4-15(13)11-20/h1-8H,9-12H2. The normalized spacial score (nSPS) is 13.3. The average molecular weight is 330 g/mol. The van der Waals surface area contributed by atoms with E-state index in [0.717, 1.165) is 12.0 Å². The topological polar surface area (TPSA) is 46.6 Å². The van der Waals surface area contributed by atoms with Gasteiger partial charge in [-0.15, -0.1) is 0 Å². The van der Waals surface area contributed by atoms with E-state index in [0.29, 0.717) is 23.7 Å². The molecule has 0 aliphatic carbocycles. The lowest BCUT2D eigenvalue weighted by Gasteiger charge is -2.28. The highest BCUT2D eigenvalue weighted by Crippen LogP contribution is 2.18. The molecule has 0 aromatic heterocycles. The SMILES string of the molecule is O=C(OCC(=O)N1CCc2ccccc2C1)c1ccc(Cl)cc1. The first-order valence-corrected chi connectivity index (χ1v) is 7.78. The average Bonchev–Trinajstić information content (AvgIpc) is 2.59. The number of benzene rings is 2. The van der Waals surface area contributed by atoms with Gasteiger partial charge in [-0.05, 0) is 41.8 Å². The summed E-state index contributed by atoms with van der Waals surface area (Å²) in [6.07, 6.45) is 0.826. The molecule has 1 aliphatic rings. The van der Waals surface area contributed by atoms with E-state index in [-0.39, 0.29) is 12.5 Å². The molecule has 0 saturated heterocycles. The van der Waals surface area contributed by atoms with Crippen LogP contribution in [-0.4, -0.2) is 29.9 Å². The quantitative estimate of drug-likeness (QED) is 0.813. The molecule has 0 atom stereocenters. The lowest BCUT2D eigenvalue weighted by Crippen LogP contribution is -2.38. The van der Waals surface area contributed by atoms with Gasteiger partial charge in [0.05, 0.1) is 5.56 Å². The molecule has 0 radical (unpaired) electrons. The number of carbonyl (C=O) groups excluding carboxylic acids is 2. The van der Waals surface area contributed by atoms with E-state index in [1.807, 2.05) is 18.2 Å². The number of carbonyl (C=O) groups is 2. The number of hydrogen-bond acceptors (Lipinski definition) is 3. The van der Waals surface area contributed by atoms with Gasteiger partial charge in [-0.1, -0.05) is 35.9 Å². The van der Waals surface area contributed by atoms with Crippen LogP contribution in [0.15, 0.2) is 48.5 Å². The molecule has 4 nitrogen and oxygen atoms in total. The van der Waals surface area contributed by atoms with Crippen LogP contribution < -0.4 is 0 Å². The summed E-state index contributed by atoms with van der Waals surface area (Å²) in [6.45, 7) is 0.964. The van der Waals surface area contributed by atoms with Crippen molar-refractivity contribution in [1.29, 1.82) is 0 Å². The molecular formula is C18H16ClNO3. The Bertz CT molecular complexity index is 727. The minimum absolute atomic E-state index is 0.179. The van der Waals surface area contributed by atoms with Crippen molar-refractivity contribution in [2.24, 2.45) is 0 Å². The third-order valence-corrected chi connectivity index (χ3v) is 4.14. The zero-order chi connectivity index (χ0) is 16.2. The summed E-state index contributed by atoms with van der Waals surface area (Å²) in [6, 6.07) is 14.4. The fourth-order valence-electron chi connectivity index (χ4n) is 2.60. The molecule has 0 unspecified atom stereocenters. The molecule has 118 valence electrons. The molecule has 23 heavy (non-hydrogen) atoms. The summed E-state index contributed by atoms with van der Waals surface area (Å²) in [5.41, 5.74) is 2.80. The van der Waals surface area contributed by atoms with Crippen LogP contribution >= 0.6 is 11.6 Å². The maximum atomic E-state index is 12.2. The Labute approximate surface area is 139 Å². The smallest absolute Gasteiger partial charge is 0.338 e. The summed E-state index contributed by atoms with van der Waals surface area (Å²) in [7, 11) is 0. The van der Waals surface area contributed by atoms with Gasteiger partial charge in [-0.2, -0.15) is 0 Å². The Hall–Kier alpha value is -2.33. The molecule has 2 aromatic carbocycles. The lowest BCUT2D eigenvalue weighted by atomic mass is 10.00. The molecule has 0 bridgehead atoms. The minimum atomic E-state index is -0.521. The van der Waals surface area contributed by atoms with Gasteiger partial charge >= 0.3 is 5.97 Å². The zero-order valence-corrected chi connectivity index (χ0v) is 13.3. The van der Waals surface area contributed by atoms with Gasteiger partial charge in [-0.3, -0.25) is 4.79 Å². The number of halogens is 1. The van der Waals surface area contributed by atoms with Crippen LogP contribution in [0.25, 0.3) is 0 Å². The predicted octanol–water partition coefficient (Wildman–Crippen LogP) is 3.08. The van der Waals surface area contributed by atoms with Crippen molar-refractivity contribution in [3.05, 3.63) is 70.2 Å². The van der Waals surface area contributed by atoms with E-state index in [1.54, 1.807) is 29.2 Å². The molecule has 0 spiro atoms. The van der Waals surface area contributed by atoms with Crippen LogP contribution in [0, 0.1) is 0 Å². The number of fused-ring (bicyclic) bond motifs is 1. The van der Waals surface area contributed by atoms with Gasteiger partial charge in [-0.25, -0.2) is 4.79 Å². The predicted molar refractivity (Wildman–Crippen MR) is 87.3 cm³/mol. The highest BCUT2D eigenvalue weighted by Gasteiger charge is 2.21. The summed E-state index contributed by atoms with van der Waals surface area (Å²) >= 11 is 5.77. The van der Waals surface area contributed by atoms with Gasteiger partial charge in [0.1, 0.15) is 0 Å². The van der Waals surface area contributed by atoms with Crippen molar-refractivity contribution >= 4 is 23.5 Å². The second-order valence-electron chi connectivity index (χ2n) is 5.42. The van der Waals surface area contributed by atoms with E-state index >= 15 is 0 Å². The third kappa shape index (κ3) is 3.71. The highest BCUT2D eigenvalue weighted by atomic mass is 35.5. The van der Waals surface area contributed by atoms with Crippen LogP contribution in [0.3, 0.4) is 0 Å². The Kier molecular flexibility index (Phi) is 4.63. The van der Waals surface area contributed by atoms with Crippen molar-refractivity contribution in [1.82, 2.24) is 4.90 Å². The van der Waals surface area contributed by atoms with Gasteiger partial charge in [0.2, 0.25) is 0 Å². The summed E-state index contributed by atoms with van der Waals surface area (Å²) in [4.78, 5) is 25.9. The molecule has 0 fully saturated rings. The fraction of sp³-hybridized carbons (Fsp3) is 0.222.